The van der Waals surface area contributed by atoms with E-state index in [0.717, 1.165) is 6.42 Å². The highest BCUT2D eigenvalue weighted by atomic mass is 19.1. The number of hydrogen-bond acceptors (Lipinski definition) is 4. The van der Waals surface area contributed by atoms with Crippen LogP contribution in [0.1, 0.15) is 29.7 Å². The Balaban J connectivity index is 1.60. The van der Waals surface area contributed by atoms with Gasteiger partial charge in [-0.25, -0.2) is 4.39 Å². The van der Waals surface area contributed by atoms with Crippen LogP contribution in [0.25, 0.3) is 0 Å². The first-order valence-electron chi connectivity index (χ1n) is 8.05. The number of likely N-dealkylation sites (tertiary alicyclic amines) is 1. The first-order valence-corrected chi connectivity index (χ1v) is 8.05. The fourth-order valence-corrected chi connectivity index (χ4v) is 2.99. The number of carbonyl (C=O) groups excluding carboxylic acids is 1. The predicted molar refractivity (Wildman–Crippen MR) is 87.1 cm³/mol. The Kier molecular flexibility index (Phi) is 4.85. The summed E-state index contributed by atoms with van der Waals surface area (Å²) in [5.74, 6) is 1.30. The Morgan fingerprint density at radius 1 is 1.33 bits per heavy atom. The van der Waals surface area contributed by atoms with E-state index in [4.69, 9.17) is 14.9 Å². The van der Waals surface area contributed by atoms with Crippen LogP contribution in [0.3, 0.4) is 0 Å². The molecule has 6 heteroatoms. The molecule has 0 bridgehead atoms. The van der Waals surface area contributed by atoms with Crippen molar-refractivity contribution in [3.63, 3.8) is 0 Å². The maximum Gasteiger partial charge on any atom is 0.289 e. The lowest BCUT2D eigenvalue weighted by molar-refractivity contribution is 0.0707. The van der Waals surface area contributed by atoms with Crippen LogP contribution in [0, 0.1) is 11.7 Å². The summed E-state index contributed by atoms with van der Waals surface area (Å²) >= 11 is 0. The van der Waals surface area contributed by atoms with E-state index >= 15 is 0 Å². The first kappa shape index (κ1) is 16.5. The zero-order chi connectivity index (χ0) is 17.1. The second kappa shape index (κ2) is 7.05. The number of carbonyl (C=O) groups is 1. The summed E-state index contributed by atoms with van der Waals surface area (Å²) in [6.45, 7) is 3.45. The lowest BCUT2D eigenvalue weighted by Gasteiger charge is -2.20. The van der Waals surface area contributed by atoms with E-state index in [9.17, 15) is 9.18 Å². The van der Waals surface area contributed by atoms with Gasteiger partial charge in [-0.3, -0.25) is 4.79 Å². The third-order valence-corrected chi connectivity index (χ3v) is 4.32. The standard InChI is InChI=1S/C18H21FN2O3/c1-12-8-13(9-20)10-21(12)18(22)17-7-6-16(24-17)11-23-15-4-2-14(19)3-5-15/h2-7,12-13H,8-11,20H2,1H3. The van der Waals surface area contributed by atoms with E-state index in [2.05, 4.69) is 0 Å². The second-order valence-electron chi connectivity index (χ2n) is 6.15. The third kappa shape index (κ3) is 3.59. The van der Waals surface area contributed by atoms with Crippen LogP contribution in [-0.4, -0.2) is 29.9 Å². The monoisotopic (exact) mass is 332 g/mol. The average molecular weight is 332 g/mol. The van der Waals surface area contributed by atoms with Crippen LogP contribution in [0.5, 0.6) is 5.75 Å². The molecule has 24 heavy (non-hydrogen) atoms. The minimum absolute atomic E-state index is 0.119. The van der Waals surface area contributed by atoms with Gasteiger partial charge in [0.15, 0.2) is 5.76 Å². The molecule has 0 radical (unpaired) electrons. The number of rotatable bonds is 5. The van der Waals surface area contributed by atoms with Gasteiger partial charge in [0.1, 0.15) is 23.9 Å². The normalized spacial score (nSPS) is 20.4. The summed E-state index contributed by atoms with van der Waals surface area (Å²) in [6.07, 6.45) is 0.920. The number of nitrogens with zero attached hydrogens (tertiary/aromatic N) is 1. The molecule has 5 nitrogen and oxygen atoms in total. The SMILES string of the molecule is CC1CC(CN)CN1C(=O)c1ccc(COc2ccc(F)cc2)o1. The summed E-state index contributed by atoms with van der Waals surface area (Å²) in [4.78, 5) is 14.4. The van der Waals surface area contributed by atoms with E-state index in [0.29, 0.717) is 36.3 Å². The van der Waals surface area contributed by atoms with E-state index in [-0.39, 0.29) is 24.4 Å². The quantitative estimate of drug-likeness (QED) is 0.914. The van der Waals surface area contributed by atoms with Crippen molar-refractivity contribution in [3.05, 3.63) is 53.7 Å². The first-order chi connectivity index (χ1) is 11.6. The van der Waals surface area contributed by atoms with Gasteiger partial charge in [0.25, 0.3) is 5.91 Å². The highest BCUT2D eigenvalue weighted by Gasteiger charge is 2.33. The number of nitrogens with two attached hydrogens (primary N) is 1. The minimum Gasteiger partial charge on any atom is -0.486 e. The van der Waals surface area contributed by atoms with Crippen LogP contribution in [-0.2, 0) is 6.61 Å². The number of ether oxygens (including phenoxy) is 1. The number of amides is 1. The third-order valence-electron chi connectivity index (χ3n) is 4.32. The molecule has 0 aliphatic carbocycles. The van der Waals surface area contributed by atoms with Crippen molar-refractivity contribution in [2.24, 2.45) is 11.7 Å². The molecule has 2 atom stereocenters. The lowest BCUT2D eigenvalue weighted by Crippen LogP contribution is -2.34. The smallest absolute Gasteiger partial charge is 0.289 e. The molecule has 0 saturated carbocycles. The largest absolute Gasteiger partial charge is 0.486 e. The molecule has 0 spiro atoms. The Morgan fingerprint density at radius 2 is 2.08 bits per heavy atom. The van der Waals surface area contributed by atoms with Gasteiger partial charge in [0.2, 0.25) is 0 Å². The number of hydrogen-bond donors (Lipinski definition) is 1. The molecule has 2 heterocycles. The van der Waals surface area contributed by atoms with E-state index in [1.165, 1.54) is 12.1 Å². The summed E-state index contributed by atoms with van der Waals surface area (Å²) in [7, 11) is 0. The summed E-state index contributed by atoms with van der Waals surface area (Å²) in [5, 5.41) is 0. The Hall–Kier alpha value is -2.34. The summed E-state index contributed by atoms with van der Waals surface area (Å²) in [6, 6.07) is 9.29. The van der Waals surface area contributed by atoms with Crippen LogP contribution in [0.2, 0.25) is 0 Å². The fraction of sp³-hybridized carbons (Fsp3) is 0.389. The van der Waals surface area contributed by atoms with Crippen molar-refractivity contribution in [2.75, 3.05) is 13.1 Å². The van der Waals surface area contributed by atoms with E-state index in [1.54, 1.807) is 29.2 Å². The van der Waals surface area contributed by atoms with Gasteiger partial charge in [-0.2, -0.15) is 0 Å². The fourth-order valence-electron chi connectivity index (χ4n) is 2.99. The van der Waals surface area contributed by atoms with Crippen molar-refractivity contribution in [2.45, 2.75) is 26.0 Å². The van der Waals surface area contributed by atoms with Crippen molar-refractivity contribution in [3.8, 4) is 5.75 Å². The summed E-state index contributed by atoms with van der Waals surface area (Å²) < 4.78 is 24.0. The van der Waals surface area contributed by atoms with Gasteiger partial charge < -0.3 is 19.8 Å². The molecular formula is C18H21FN2O3. The Morgan fingerprint density at radius 3 is 2.75 bits per heavy atom. The van der Waals surface area contributed by atoms with Gasteiger partial charge in [-0.1, -0.05) is 0 Å². The molecule has 1 amide bonds. The highest BCUT2D eigenvalue weighted by Crippen LogP contribution is 2.25. The Labute approximate surface area is 140 Å². The zero-order valence-corrected chi connectivity index (χ0v) is 13.6. The number of halogens is 1. The maximum atomic E-state index is 12.9. The van der Waals surface area contributed by atoms with Crippen molar-refractivity contribution in [1.82, 2.24) is 4.90 Å². The van der Waals surface area contributed by atoms with Crippen LogP contribution in [0.15, 0.2) is 40.8 Å². The molecule has 3 rings (SSSR count). The van der Waals surface area contributed by atoms with E-state index in [1.807, 2.05) is 6.92 Å². The predicted octanol–water partition coefficient (Wildman–Crippen LogP) is 2.81. The number of benzene rings is 1. The molecule has 2 unspecified atom stereocenters. The van der Waals surface area contributed by atoms with Crippen molar-refractivity contribution < 1.29 is 18.3 Å². The van der Waals surface area contributed by atoms with Gasteiger partial charge in [-0.15, -0.1) is 0 Å². The van der Waals surface area contributed by atoms with E-state index < -0.39 is 0 Å². The topological polar surface area (TPSA) is 68.7 Å². The van der Waals surface area contributed by atoms with Crippen molar-refractivity contribution in [1.29, 1.82) is 0 Å². The molecule has 1 aliphatic heterocycles. The molecular weight excluding hydrogens is 311 g/mol. The van der Waals surface area contributed by atoms with Gasteiger partial charge in [0, 0.05) is 12.6 Å². The van der Waals surface area contributed by atoms with Gasteiger partial charge >= 0.3 is 0 Å². The molecule has 1 aromatic carbocycles. The second-order valence-corrected chi connectivity index (χ2v) is 6.15. The Bertz CT molecular complexity index is 699. The van der Waals surface area contributed by atoms with Crippen LogP contribution >= 0.6 is 0 Å². The number of furan rings is 1. The molecule has 1 saturated heterocycles. The maximum absolute atomic E-state index is 12.9. The average Bonchev–Trinajstić information content (AvgIpc) is 3.20. The molecule has 1 aromatic heterocycles. The minimum atomic E-state index is -0.316. The molecule has 1 fully saturated rings. The molecule has 1 aliphatic rings. The van der Waals surface area contributed by atoms with Crippen LogP contribution < -0.4 is 10.5 Å². The molecule has 2 N–H and O–H groups in total. The lowest BCUT2D eigenvalue weighted by atomic mass is 10.1. The highest BCUT2D eigenvalue weighted by molar-refractivity contribution is 5.92. The zero-order valence-electron chi connectivity index (χ0n) is 13.6. The van der Waals surface area contributed by atoms with Gasteiger partial charge in [-0.05, 0) is 62.2 Å². The summed E-state index contributed by atoms with van der Waals surface area (Å²) in [5.41, 5.74) is 5.70. The van der Waals surface area contributed by atoms with Crippen molar-refractivity contribution >= 4 is 5.91 Å². The molecule has 2 aromatic rings. The van der Waals surface area contributed by atoms with Gasteiger partial charge in [0.05, 0.1) is 0 Å². The molecule has 128 valence electrons. The van der Waals surface area contributed by atoms with Crippen LogP contribution in [0.4, 0.5) is 4.39 Å².